The Balaban J connectivity index is 1.71. The van der Waals surface area contributed by atoms with Crippen LogP contribution in [0.3, 0.4) is 0 Å². The highest BCUT2D eigenvalue weighted by molar-refractivity contribution is 7.14. The fourth-order valence-corrected chi connectivity index (χ4v) is 2.94. The van der Waals surface area contributed by atoms with Crippen molar-refractivity contribution in [2.24, 2.45) is 0 Å². The monoisotopic (exact) mass is 360 g/mol. The Morgan fingerprint density at radius 3 is 2.64 bits per heavy atom. The molecule has 1 heterocycles. The van der Waals surface area contributed by atoms with Crippen LogP contribution in [0.2, 0.25) is 0 Å². The van der Waals surface area contributed by atoms with Crippen molar-refractivity contribution in [3.05, 3.63) is 65.0 Å². The highest BCUT2D eigenvalue weighted by atomic mass is 32.1. The summed E-state index contributed by atoms with van der Waals surface area (Å²) in [7, 11) is 0. The van der Waals surface area contributed by atoms with Gasteiger partial charge in [-0.25, -0.2) is 4.98 Å². The Morgan fingerprint density at radius 1 is 1.20 bits per heavy atom. The number of nitrogens with zero attached hydrogens (tertiary/aromatic N) is 1. The van der Waals surface area contributed by atoms with Crippen molar-refractivity contribution in [1.82, 2.24) is 4.98 Å². The molecule has 0 unspecified atom stereocenters. The van der Waals surface area contributed by atoms with Gasteiger partial charge >= 0.3 is 6.61 Å². The maximum absolute atomic E-state index is 12.2. The highest BCUT2D eigenvalue weighted by Crippen LogP contribution is 2.27. The number of benzene rings is 2. The number of nitrogens with one attached hydrogen (secondary N) is 1. The SMILES string of the molecule is Cc1cccc(C(=O)Nc2nc(-c3ccc(OC(F)F)cc3)cs2)c1. The zero-order valence-corrected chi connectivity index (χ0v) is 14.0. The first-order valence-electron chi connectivity index (χ1n) is 7.40. The van der Waals surface area contributed by atoms with Crippen molar-refractivity contribution in [3.63, 3.8) is 0 Å². The van der Waals surface area contributed by atoms with Crippen molar-refractivity contribution in [1.29, 1.82) is 0 Å². The number of ether oxygens (including phenoxy) is 1. The zero-order valence-electron chi connectivity index (χ0n) is 13.2. The van der Waals surface area contributed by atoms with Crippen LogP contribution in [-0.4, -0.2) is 17.5 Å². The molecule has 4 nitrogen and oxygen atoms in total. The zero-order chi connectivity index (χ0) is 17.8. The minimum Gasteiger partial charge on any atom is -0.435 e. The number of thiazole rings is 1. The van der Waals surface area contributed by atoms with E-state index in [1.807, 2.05) is 19.1 Å². The van der Waals surface area contributed by atoms with Crippen LogP contribution >= 0.6 is 11.3 Å². The highest BCUT2D eigenvalue weighted by Gasteiger charge is 2.11. The quantitative estimate of drug-likeness (QED) is 0.699. The number of hydrogen-bond acceptors (Lipinski definition) is 4. The molecule has 0 bridgehead atoms. The third-order valence-electron chi connectivity index (χ3n) is 3.38. The first kappa shape index (κ1) is 17.0. The van der Waals surface area contributed by atoms with Gasteiger partial charge in [0.15, 0.2) is 5.13 Å². The summed E-state index contributed by atoms with van der Waals surface area (Å²) in [5.41, 5.74) is 2.95. The van der Waals surface area contributed by atoms with E-state index in [1.54, 1.807) is 29.6 Å². The number of hydrogen-bond donors (Lipinski definition) is 1. The summed E-state index contributed by atoms with van der Waals surface area (Å²) in [5, 5.41) is 5.01. The summed E-state index contributed by atoms with van der Waals surface area (Å²) in [6.45, 7) is -0.937. The van der Waals surface area contributed by atoms with E-state index in [4.69, 9.17) is 0 Å². The number of halogens is 2. The molecule has 0 fully saturated rings. The number of aryl methyl sites for hydroxylation is 1. The van der Waals surface area contributed by atoms with Gasteiger partial charge in [-0.05, 0) is 43.3 Å². The number of carbonyl (C=O) groups excluding carboxylic acids is 1. The lowest BCUT2D eigenvalue weighted by molar-refractivity contribution is -0.0498. The molecule has 7 heteroatoms. The minimum absolute atomic E-state index is 0.0851. The van der Waals surface area contributed by atoms with Crippen LogP contribution in [0.25, 0.3) is 11.3 Å². The molecule has 3 rings (SSSR count). The van der Waals surface area contributed by atoms with E-state index in [1.165, 1.54) is 23.5 Å². The van der Waals surface area contributed by atoms with Crippen LogP contribution in [0, 0.1) is 6.92 Å². The number of alkyl halides is 2. The molecule has 2 aromatic carbocycles. The molecule has 0 radical (unpaired) electrons. The maximum atomic E-state index is 12.2. The van der Waals surface area contributed by atoms with Crippen molar-refractivity contribution in [3.8, 4) is 17.0 Å². The van der Waals surface area contributed by atoms with Gasteiger partial charge in [-0.2, -0.15) is 8.78 Å². The van der Waals surface area contributed by atoms with E-state index < -0.39 is 6.61 Å². The van der Waals surface area contributed by atoms with Crippen LogP contribution in [0.5, 0.6) is 5.75 Å². The number of rotatable bonds is 5. The van der Waals surface area contributed by atoms with Crippen LogP contribution in [-0.2, 0) is 0 Å². The van der Waals surface area contributed by atoms with Gasteiger partial charge in [-0.3, -0.25) is 10.1 Å². The van der Waals surface area contributed by atoms with Gasteiger partial charge in [-0.15, -0.1) is 11.3 Å². The molecule has 0 saturated heterocycles. The predicted molar refractivity (Wildman–Crippen MR) is 93.3 cm³/mol. The first-order valence-corrected chi connectivity index (χ1v) is 8.28. The molecule has 1 amide bonds. The van der Waals surface area contributed by atoms with Gasteiger partial charge in [0.05, 0.1) is 5.69 Å². The van der Waals surface area contributed by atoms with Crippen LogP contribution in [0.1, 0.15) is 15.9 Å². The predicted octanol–water partition coefficient (Wildman–Crippen LogP) is 4.97. The fourth-order valence-electron chi connectivity index (χ4n) is 2.23. The van der Waals surface area contributed by atoms with E-state index >= 15 is 0 Å². The molecule has 0 saturated carbocycles. The Kier molecular flexibility index (Phi) is 5.04. The van der Waals surface area contributed by atoms with Crippen molar-refractivity contribution in [2.45, 2.75) is 13.5 Å². The summed E-state index contributed by atoms with van der Waals surface area (Å²) >= 11 is 1.29. The third-order valence-corrected chi connectivity index (χ3v) is 4.14. The minimum atomic E-state index is -2.85. The molecule has 25 heavy (non-hydrogen) atoms. The van der Waals surface area contributed by atoms with E-state index in [9.17, 15) is 13.6 Å². The second kappa shape index (κ2) is 7.40. The molecule has 0 atom stereocenters. The topological polar surface area (TPSA) is 51.2 Å². The third kappa shape index (κ3) is 4.39. The largest absolute Gasteiger partial charge is 0.435 e. The normalized spacial score (nSPS) is 10.7. The second-order valence-electron chi connectivity index (χ2n) is 5.26. The molecule has 0 aliphatic heterocycles. The summed E-state index contributed by atoms with van der Waals surface area (Å²) in [5.74, 6) is -0.146. The molecule has 0 aliphatic carbocycles. The van der Waals surface area contributed by atoms with Crippen LogP contribution in [0.15, 0.2) is 53.9 Å². The van der Waals surface area contributed by atoms with Crippen molar-refractivity contribution >= 4 is 22.4 Å². The maximum Gasteiger partial charge on any atom is 0.387 e. The lowest BCUT2D eigenvalue weighted by Gasteiger charge is -2.04. The Bertz CT molecular complexity index is 879. The first-order chi connectivity index (χ1) is 12.0. The molecule has 0 aliphatic rings. The van der Waals surface area contributed by atoms with Gasteiger partial charge in [0.2, 0.25) is 0 Å². The van der Waals surface area contributed by atoms with Gasteiger partial charge in [0.1, 0.15) is 5.75 Å². The smallest absolute Gasteiger partial charge is 0.387 e. The van der Waals surface area contributed by atoms with E-state index in [0.717, 1.165) is 11.1 Å². The van der Waals surface area contributed by atoms with Gasteiger partial charge in [0, 0.05) is 16.5 Å². The summed E-state index contributed by atoms with van der Waals surface area (Å²) in [6, 6.07) is 13.4. The number of aromatic nitrogens is 1. The average molecular weight is 360 g/mol. The molecule has 0 spiro atoms. The van der Waals surface area contributed by atoms with Gasteiger partial charge in [0.25, 0.3) is 5.91 Å². The lowest BCUT2D eigenvalue weighted by Crippen LogP contribution is -2.11. The van der Waals surface area contributed by atoms with E-state index in [0.29, 0.717) is 16.4 Å². The standard InChI is InChI=1S/C18H14F2N2O2S/c1-11-3-2-4-13(9-11)16(23)22-18-21-15(10-25-18)12-5-7-14(8-6-12)24-17(19)20/h2-10,17H,1H3,(H,21,22,23). The molecule has 1 aromatic heterocycles. The Labute approximate surface area is 147 Å². The van der Waals surface area contributed by atoms with Crippen molar-refractivity contribution < 1.29 is 18.3 Å². The van der Waals surface area contributed by atoms with Gasteiger partial charge < -0.3 is 4.74 Å². The van der Waals surface area contributed by atoms with Crippen LogP contribution < -0.4 is 10.1 Å². The lowest BCUT2D eigenvalue weighted by atomic mass is 10.1. The number of carbonyl (C=O) groups is 1. The van der Waals surface area contributed by atoms with Crippen molar-refractivity contribution in [2.75, 3.05) is 5.32 Å². The number of amides is 1. The van der Waals surface area contributed by atoms with Gasteiger partial charge in [-0.1, -0.05) is 17.7 Å². The second-order valence-corrected chi connectivity index (χ2v) is 6.12. The van der Waals surface area contributed by atoms with E-state index in [-0.39, 0.29) is 11.7 Å². The van der Waals surface area contributed by atoms with E-state index in [2.05, 4.69) is 15.0 Å². The fraction of sp³-hybridized carbons (Fsp3) is 0.111. The average Bonchev–Trinajstić information content (AvgIpc) is 3.03. The summed E-state index contributed by atoms with van der Waals surface area (Å²) < 4.78 is 28.6. The molecule has 1 N–H and O–H groups in total. The molecule has 128 valence electrons. The summed E-state index contributed by atoms with van der Waals surface area (Å²) in [6.07, 6.45) is 0. The molecule has 3 aromatic rings. The Morgan fingerprint density at radius 2 is 1.96 bits per heavy atom. The summed E-state index contributed by atoms with van der Waals surface area (Å²) in [4.78, 5) is 16.6. The molecular formula is C18H14F2N2O2S. The van der Waals surface area contributed by atoms with Crippen LogP contribution in [0.4, 0.5) is 13.9 Å². The Hall–Kier alpha value is -2.80. The number of anilines is 1. The molecular weight excluding hydrogens is 346 g/mol.